The zero-order valence-electron chi connectivity index (χ0n) is 68.7. The van der Waals surface area contributed by atoms with Gasteiger partial charge < -0.3 is 76.4 Å². The summed E-state index contributed by atoms with van der Waals surface area (Å²) in [6.07, 6.45) is 8.01. The summed E-state index contributed by atoms with van der Waals surface area (Å²) in [5.74, 6) is 3.84. The van der Waals surface area contributed by atoms with Gasteiger partial charge in [0.05, 0.1) is 0 Å². The van der Waals surface area contributed by atoms with Crippen LogP contribution in [0.4, 0.5) is 0 Å². The Morgan fingerprint density at radius 2 is 0.424 bits per heavy atom. The minimum absolute atomic E-state index is 0. The molecular weight excluding hydrogens is 1280 g/mol. The van der Waals surface area contributed by atoms with Crippen molar-refractivity contribution in [3.63, 3.8) is 0 Å². The summed E-state index contributed by atoms with van der Waals surface area (Å²) in [4.78, 5) is 0. The van der Waals surface area contributed by atoms with Gasteiger partial charge in [0.25, 0.3) is 0 Å². The van der Waals surface area contributed by atoms with Crippen LogP contribution in [0.15, 0.2) is 122 Å². The number of aryl methyl sites for hydroxylation is 2. The summed E-state index contributed by atoms with van der Waals surface area (Å²) in [6, 6.07) is 34.3. The van der Waals surface area contributed by atoms with Crippen molar-refractivity contribution in [3.8, 4) is 34.2 Å². The topological polar surface area (TPSA) is 105 Å². The van der Waals surface area contributed by atoms with Gasteiger partial charge in [0.2, 0.25) is 0 Å². The molecule has 2 heterocycles. The Hall–Kier alpha value is -5.63. The van der Waals surface area contributed by atoms with Crippen molar-refractivity contribution in [1.29, 1.82) is 0 Å². The molecule has 0 aliphatic rings. The van der Waals surface area contributed by atoms with E-state index in [1.807, 2.05) is 43.1 Å². The smallest absolute Gasteiger partial charge is 0.507 e. The molecule has 541 valence electrons. The first kappa shape index (κ1) is 97.5. The Kier molecular flexibility index (Phi) is 38.6. The standard InChI is InChI=1S/2C27H36N3.2C15H24O.5CH3.2Ti/c2*1-17(2)21-11-9-12-22(18(3)4)25(21)29-15-16-30(27(29)28)26-23(19(5)6)13-10-14-24(26)20(7)8;2*1-10-8-11(14(2,3)4)13(16)12(9-10)15(5,6)7;;;;;;;/h2*9-20H,1-8H3;2*8-9,16H,1-7H3;5*1H3;;/q2*-1;;;5*-1;+3;+4. The van der Waals surface area contributed by atoms with Gasteiger partial charge in [-0.2, -0.15) is 0 Å². The Morgan fingerprint density at radius 3 is 0.535 bits per heavy atom. The van der Waals surface area contributed by atoms with Crippen molar-refractivity contribution >= 4 is 0 Å². The maximum Gasteiger partial charge on any atom is 4.00 e. The molecule has 6 aromatic carbocycles. The average molecular weight is 1420 g/mol. The largest absolute Gasteiger partial charge is 4.00 e. The molecule has 8 nitrogen and oxygen atoms in total. The van der Waals surface area contributed by atoms with Crippen molar-refractivity contribution in [2.45, 2.75) is 277 Å². The molecule has 10 heteroatoms. The third kappa shape index (κ3) is 23.2. The number of para-hydroxylation sites is 4. The molecule has 2 N–H and O–H groups in total. The van der Waals surface area contributed by atoms with Gasteiger partial charge in [-0.1, -0.05) is 302 Å². The van der Waals surface area contributed by atoms with Crippen LogP contribution in [0.2, 0.25) is 0 Å². The molecule has 8 aromatic rings. The van der Waals surface area contributed by atoms with Crippen molar-refractivity contribution in [3.05, 3.63) is 259 Å². The average Bonchev–Trinajstić information content (AvgIpc) is 1.68. The maximum absolute atomic E-state index is 11.5. The number of aromatic nitrogens is 4. The fourth-order valence-electron chi connectivity index (χ4n) is 12.5. The van der Waals surface area contributed by atoms with Gasteiger partial charge in [-0.25, -0.2) is 0 Å². The van der Waals surface area contributed by atoms with Crippen LogP contribution in [-0.4, -0.2) is 28.5 Å². The van der Waals surface area contributed by atoms with Gasteiger partial charge in [-0.15, -0.1) is 0 Å². The first-order valence-corrected chi connectivity index (χ1v) is 34.2. The molecule has 0 aliphatic heterocycles. The van der Waals surface area contributed by atoms with Crippen LogP contribution in [-0.2, 0) is 65.1 Å². The molecule has 0 fully saturated rings. The van der Waals surface area contributed by atoms with Crippen molar-refractivity contribution < 1.29 is 53.6 Å². The summed E-state index contributed by atoms with van der Waals surface area (Å²) in [6.45, 7) is 65.1. The summed E-state index contributed by atoms with van der Waals surface area (Å²) in [5.41, 5.74) is 21.4. The number of imidazole rings is 2. The van der Waals surface area contributed by atoms with Crippen LogP contribution in [0.3, 0.4) is 0 Å². The second kappa shape index (κ2) is 39.1. The second-order valence-electron chi connectivity index (χ2n) is 32.5. The Balaban J connectivity index is -0.00000126. The third-order valence-electron chi connectivity index (χ3n) is 17.7. The first-order chi connectivity index (χ1) is 42.4. The summed E-state index contributed by atoms with van der Waals surface area (Å²) in [7, 11) is 0. The van der Waals surface area contributed by atoms with Crippen LogP contribution >= 0.6 is 0 Å². The van der Waals surface area contributed by atoms with Crippen LogP contribution in [0.5, 0.6) is 11.5 Å². The normalized spacial score (nSPS) is 11.5. The number of benzene rings is 6. The van der Waals surface area contributed by atoms with Crippen LogP contribution in [0.25, 0.3) is 33.6 Å². The molecule has 0 amide bonds. The molecule has 2 aromatic heterocycles. The fourth-order valence-corrected chi connectivity index (χ4v) is 12.5. The monoisotopic (exact) mass is 1420 g/mol. The van der Waals surface area contributed by atoms with Crippen molar-refractivity contribution in [2.75, 3.05) is 0 Å². The Labute approximate surface area is 637 Å². The number of rotatable bonds is 12. The molecule has 0 bridgehead atoms. The zero-order valence-corrected chi connectivity index (χ0v) is 71.9. The maximum atomic E-state index is 11.5. The van der Waals surface area contributed by atoms with E-state index in [9.17, 15) is 21.0 Å². The van der Waals surface area contributed by atoms with Crippen molar-refractivity contribution in [1.82, 2.24) is 18.3 Å². The van der Waals surface area contributed by atoms with E-state index in [1.165, 1.54) is 55.6 Å². The van der Waals surface area contributed by atoms with Gasteiger partial charge in [-0.05, 0) is 197 Å². The Bertz CT molecular complexity index is 3320. The molecule has 8 rings (SSSR count). The first-order valence-electron chi connectivity index (χ1n) is 34.2. The Morgan fingerprint density at radius 1 is 0.293 bits per heavy atom. The van der Waals surface area contributed by atoms with E-state index in [0.717, 1.165) is 45.0 Å². The van der Waals surface area contributed by atoms with Crippen LogP contribution < -0.4 is 11.2 Å². The molecule has 0 saturated heterocycles. The van der Waals surface area contributed by atoms with E-state index in [1.54, 1.807) is 0 Å². The number of nitrogens with zero attached hydrogens (tertiary/aromatic N) is 6. The van der Waals surface area contributed by atoms with Gasteiger partial charge >= 0.3 is 43.4 Å². The van der Waals surface area contributed by atoms with E-state index in [4.69, 9.17) is 0 Å². The van der Waals surface area contributed by atoms with E-state index >= 15 is 0 Å². The number of hydrogen-bond acceptors (Lipinski definition) is 2. The molecule has 1 radical (unpaired) electrons. The molecule has 99 heavy (non-hydrogen) atoms. The molecule has 0 spiro atoms. The fraction of sp³-hybridized carbons (Fsp3) is 0.472. The van der Waals surface area contributed by atoms with Gasteiger partial charge in [0, 0.05) is 11.2 Å². The number of hydrogen-bond donors (Lipinski definition) is 2. The summed E-state index contributed by atoms with van der Waals surface area (Å²) >= 11 is 0. The molecule has 0 saturated carbocycles. The van der Waals surface area contributed by atoms with Crippen molar-refractivity contribution in [2.24, 2.45) is 0 Å². The molecule has 0 aliphatic carbocycles. The molecule has 0 unspecified atom stereocenters. The van der Waals surface area contributed by atoms with E-state index in [2.05, 4.69) is 305 Å². The summed E-state index contributed by atoms with van der Waals surface area (Å²) < 4.78 is 7.86. The third-order valence-corrected chi connectivity index (χ3v) is 17.7. The predicted octanol–water partition coefficient (Wildman–Crippen LogP) is 25.3. The number of phenolic OH excluding ortho intramolecular Hbond substituents is 2. The second-order valence-corrected chi connectivity index (χ2v) is 32.5. The van der Waals surface area contributed by atoms with E-state index in [0.29, 0.717) is 58.8 Å². The summed E-state index contributed by atoms with van der Waals surface area (Å²) in [5, 5.41) is 43.7. The minimum atomic E-state index is -0.0178. The molecule has 0 atom stereocenters. The zero-order chi connectivity index (χ0) is 69.8. The van der Waals surface area contributed by atoms with E-state index < -0.39 is 0 Å². The predicted molar refractivity (Wildman–Crippen MR) is 428 cm³/mol. The van der Waals surface area contributed by atoms with E-state index in [-0.39, 0.29) is 113 Å². The quantitative estimate of drug-likeness (QED) is 0.0940. The molecular formula is C89H135N6O2Ti2. The SMILES string of the molecule is CC(C)c1cccc(C(C)C)c1-n1ccn(-c2c(C(C)C)cccc2C(C)C)c1=[N-].CC(C)c1cccc(C(C)C)c1-n1ccn(-c2c(C(C)C)cccc2C(C)C)c1=[N-].Cc1cc(C(C)(C)C)c(O)c(C(C)(C)C)c1.Cc1cc(C(C)(C)C)c(O)c(C(C)(C)C)c1.[CH3-].[CH3-].[CH3-].[CH3-].[CH3-].[Ti+3].[Ti+4]. The number of aromatic hydroxyl groups is 2. The van der Waals surface area contributed by atoms with Crippen LogP contribution in [0, 0.1) is 51.0 Å². The number of phenols is 2. The van der Waals surface area contributed by atoms with Gasteiger partial charge in [0.1, 0.15) is 11.5 Å². The van der Waals surface area contributed by atoms with Gasteiger partial charge in [-0.3, -0.25) is 0 Å². The minimum Gasteiger partial charge on any atom is -0.507 e. The van der Waals surface area contributed by atoms with Crippen LogP contribution in [0.1, 0.15) is 319 Å². The van der Waals surface area contributed by atoms with Gasteiger partial charge in [0.15, 0.2) is 0 Å².